The minimum absolute atomic E-state index is 0.217. The van der Waals surface area contributed by atoms with Gasteiger partial charge in [-0.15, -0.1) is 0 Å². The van der Waals surface area contributed by atoms with Crippen LogP contribution in [-0.2, 0) is 10.2 Å². The van der Waals surface area contributed by atoms with Crippen molar-refractivity contribution in [3.63, 3.8) is 0 Å². The Morgan fingerprint density at radius 3 is 2.13 bits per heavy atom. The van der Waals surface area contributed by atoms with Crippen LogP contribution in [0.25, 0.3) is 0 Å². The van der Waals surface area contributed by atoms with Crippen molar-refractivity contribution in [2.45, 2.75) is 116 Å². The van der Waals surface area contributed by atoms with Crippen LogP contribution in [0.2, 0.25) is 0 Å². The van der Waals surface area contributed by atoms with Crippen LogP contribution in [0.3, 0.4) is 0 Å². The molecule has 2 aromatic rings. The third kappa shape index (κ3) is 7.24. The molecular weight excluding hydrogens is 476 g/mol. The van der Waals surface area contributed by atoms with E-state index >= 15 is 0 Å². The van der Waals surface area contributed by atoms with Crippen molar-refractivity contribution in [2.75, 3.05) is 6.61 Å². The first kappa shape index (κ1) is 29.9. The second-order valence-corrected chi connectivity index (χ2v) is 11.6. The first-order valence-electron chi connectivity index (χ1n) is 14.7. The molecule has 0 aromatic heterocycles. The van der Waals surface area contributed by atoms with Crippen LogP contribution in [0.15, 0.2) is 42.5 Å². The summed E-state index contributed by atoms with van der Waals surface area (Å²) in [6.07, 6.45) is 13.3. The lowest BCUT2D eigenvalue weighted by Crippen LogP contribution is -2.40. The lowest BCUT2D eigenvalue weighted by Gasteiger charge is -2.43. The topological polar surface area (TPSA) is 87.0 Å². The zero-order valence-corrected chi connectivity index (χ0v) is 23.7. The molecule has 5 nitrogen and oxygen atoms in total. The van der Waals surface area contributed by atoms with Gasteiger partial charge in [-0.2, -0.15) is 0 Å². The Balaban J connectivity index is 1.49. The van der Waals surface area contributed by atoms with Gasteiger partial charge in [0.25, 0.3) is 0 Å². The zero-order valence-electron chi connectivity index (χ0n) is 23.7. The molecule has 3 unspecified atom stereocenters. The summed E-state index contributed by atoms with van der Waals surface area (Å²) < 4.78 is 6.13. The molecule has 0 fully saturated rings. The quantitative estimate of drug-likeness (QED) is 0.191. The average Bonchev–Trinajstić information content (AvgIpc) is 2.90. The summed E-state index contributed by atoms with van der Waals surface area (Å²) >= 11 is 0. The summed E-state index contributed by atoms with van der Waals surface area (Å²) in [6, 6.07) is 13.0. The van der Waals surface area contributed by atoms with E-state index in [1.165, 1.54) is 19.3 Å². The summed E-state index contributed by atoms with van der Waals surface area (Å²) in [5, 5.41) is 29.6. The van der Waals surface area contributed by atoms with E-state index in [0.717, 1.165) is 81.1 Å². The van der Waals surface area contributed by atoms with Crippen molar-refractivity contribution < 1.29 is 24.9 Å². The van der Waals surface area contributed by atoms with Crippen molar-refractivity contribution in [3.8, 4) is 17.2 Å². The van der Waals surface area contributed by atoms with Gasteiger partial charge in [-0.3, -0.25) is 4.79 Å². The molecule has 0 amide bonds. The first-order chi connectivity index (χ1) is 18.3. The average molecular weight is 525 g/mol. The molecule has 1 heterocycles. The number of ether oxygens (including phenoxy) is 1. The molecule has 3 rings (SSSR count). The molecule has 210 valence electrons. The Morgan fingerprint density at radius 2 is 1.50 bits per heavy atom. The molecule has 38 heavy (non-hydrogen) atoms. The highest BCUT2D eigenvalue weighted by Crippen LogP contribution is 2.49. The first-order valence-corrected chi connectivity index (χ1v) is 14.7. The number of phenolic OH excluding ortho intramolecular Hbond substituents is 2. The van der Waals surface area contributed by atoms with Crippen molar-refractivity contribution in [3.05, 3.63) is 53.6 Å². The van der Waals surface area contributed by atoms with Gasteiger partial charge in [-0.05, 0) is 55.0 Å². The van der Waals surface area contributed by atoms with Crippen molar-refractivity contribution >= 4 is 5.97 Å². The Kier molecular flexibility index (Phi) is 10.9. The molecule has 0 aliphatic carbocycles. The predicted octanol–water partition coefficient (Wildman–Crippen LogP) is 8.71. The molecule has 2 aromatic carbocycles. The number of fused-ring (bicyclic) bond motifs is 1. The highest BCUT2D eigenvalue weighted by molar-refractivity contribution is 5.74. The minimum Gasteiger partial charge on any atom is -0.508 e. The van der Waals surface area contributed by atoms with E-state index in [2.05, 4.69) is 13.8 Å². The number of aromatic hydroxyl groups is 2. The molecule has 0 saturated heterocycles. The molecule has 0 bridgehead atoms. The SMILES string of the molecule is CCCCC(CC)(CCCCCCCCCC1c2ccc(O)cc2OCC1(C)c1ccc(O)cc1)C(=O)O. The number of carboxylic acid groups (broad SMARTS) is 1. The van der Waals surface area contributed by atoms with E-state index in [1.54, 1.807) is 24.3 Å². The molecule has 1 aliphatic heterocycles. The number of phenols is 2. The van der Waals surface area contributed by atoms with E-state index in [1.807, 2.05) is 25.1 Å². The van der Waals surface area contributed by atoms with Crippen molar-refractivity contribution in [2.24, 2.45) is 5.41 Å². The molecule has 5 heteroatoms. The third-order valence-corrected chi connectivity index (χ3v) is 8.98. The molecule has 0 spiro atoms. The van der Waals surface area contributed by atoms with Crippen LogP contribution in [0, 0.1) is 5.41 Å². The van der Waals surface area contributed by atoms with Gasteiger partial charge in [0.2, 0.25) is 0 Å². The maximum absolute atomic E-state index is 11.9. The smallest absolute Gasteiger partial charge is 0.309 e. The highest BCUT2D eigenvalue weighted by atomic mass is 16.5. The largest absolute Gasteiger partial charge is 0.508 e. The van der Waals surface area contributed by atoms with Gasteiger partial charge in [0.05, 0.1) is 12.0 Å². The second kappa shape index (κ2) is 13.9. The summed E-state index contributed by atoms with van der Waals surface area (Å²) in [5.74, 6) is 0.908. The Hall–Kier alpha value is -2.69. The number of carboxylic acids is 1. The van der Waals surface area contributed by atoms with Crippen LogP contribution in [-0.4, -0.2) is 27.9 Å². The van der Waals surface area contributed by atoms with Crippen LogP contribution >= 0.6 is 0 Å². The van der Waals surface area contributed by atoms with Crippen molar-refractivity contribution in [1.82, 2.24) is 0 Å². The Labute approximate surface area is 229 Å². The number of hydrogen-bond acceptors (Lipinski definition) is 4. The van der Waals surface area contributed by atoms with Gasteiger partial charge in [0, 0.05) is 17.4 Å². The van der Waals surface area contributed by atoms with Gasteiger partial charge < -0.3 is 20.1 Å². The minimum atomic E-state index is -0.613. The maximum Gasteiger partial charge on any atom is 0.309 e. The Bertz CT molecular complexity index is 1020. The number of benzene rings is 2. The number of rotatable bonds is 16. The fraction of sp³-hybridized carbons (Fsp3) is 0.606. The van der Waals surface area contributed by atoms with Crippen LogP contribution < -0.4 is 4.74 Å². The lowest BCUT2D eigenvalue weighted by atomic mass is 9.66. The van der Waals surface area contributed by atoms with Crippen LogP contribution in [0.5, 0.6) is 17.2 Å². The number of aliphatic carboxylic acids is 1. The fourth-order valence-electron chi connectivity index (χ4n) is 6.26. The zero-order chi connectivity index (χ0) is 27.6. The molecule has 3 N–H and O–H groups in total. The summed E-state index contributed by atoms with van der Waals surface area (Å²) in [6.45, 7) is 6.93. The normalized spacial score (nSPS) is 20.3. The summed E-state index contributed by atoms with van der Waals surface area (Å²) in [4.78, 5) is 11.9. The van der Waals surface area contributed by atoms with Crippen LogP contribution in [0.1, 0.15) is 121 Å². The summed E-state index contributed by atoms with van der Waals surface area (Å²) in [7, 11) is 0. The van der Waals surface area contributed by atoms with E-state index in [9.17, 15) is 20.1 Å². The molecular formula is C33H48O5. The number of carbonyl (C=O) groups is 1. The standard InChI is InChI=1S/C33H48O5/c1-4-6-21-33(5-2,31(36)37)22-13-11-9-7-8-10-12-14-29-28-20-19-27(35)23-30(28)38-24-32(29,3)25-15-17-26(34)18-16-25/h15-20,23,29,34-35H,4-14,21-22,24H2,1-3H3,(H,36,37). The monoisotopic (exact) mass is 524 g/mol. The predicted molar refractivity (Wildman–Crippen MR) is 153 cm³/mol. The van der Waals surface area contributed by atoms with Gasteiger partial charge in [0.1, 0.15) is 17.2 Å². The Morgan fingerprint density at radius 1 is 0.895 bits per heavy atom. The summed E-state index contributed by atoms with van der Waals surface area (Å²) in [5.41, 5.74) is 1.55. The van der Waals surface area contributed by atoms with E-state index in [0.29, 0.717) is 6.61 Å². The van der Waals surface area contributed by atoms with Gasteiger partial charge in [-0.25, -0.2) is 0 Å². The molecule has 0 radical (unpaired) electrons. The number of unbranched alkanes of at least 4 members (excludes halogenated alkanes) is 7. The van der Waals surface area contributed by atoms with Gasteiger partial charge in [0.15, 0.2) is 0 Å². The van der Waals surface area contributed by atoms with E-state index in [4.69, 9.17) is 4.74 Å². The van der Waals surface area contributed by atoms with Gasteiger partial charge in [-0.1, -0.05) is 96.8 Å². The number of hydrogen-bond donors (Lipinski definition) is 3. The highest BCUT2D eigenvalue weighted by Gasteiger charge is 2.42. The third-order valence-electron chi connectivity index (χ3n) is 8.98. The molecule has 0 saturated carbocycles. The van der Waals surface area contributed by atoms with E-state index in [-0.39, 0.29) is 22.8 Å². The second-order valence-electron chi connectivity index (χ2n) is 11.6. The van der Waals surface area contributed by atoms with Crippen LogP contribution in [0.4, 0.5) is 0 Å². The van der Waals surface area contributed by atoms with E-state index < -0.39 is 11.4 Å². The van der Waals surface area contributed by atoms with Crippen molar-refractivity contribution in [1.29, 1.82) is 0 Å². The maximum atomic E-state index is 11.9. The molecule has 3 atom stereocenters. The fourth-order valence-corrected chi connectivity index (χ4v) is 6.26. The van der Waals surface area contributed by atoms with Gasteiger partial charge >= 0.3 is 5.97 Å². The lowest BCUT2D eigenvalue weighted by molar-refractivity contribution is -0.150. The molecule has 1 aliphatic rings.